The Morgan fingerprint density at radius 1 is 1.20 bits per heavy atom. The van der Waals surface area contributed by atoms with Crippen molar-refractivity contribution < 1.29 is 4.79 Å². The molecular weight excluding hydrogens is 252 g/mol. The van der Waals surface area contributed by atoms with Crippen molar-refractivity contribution in [3.8, 4) is 0 Å². The third kappa shape index (κ3) is 3.45. The highest BCUT2D eigenvalue weighted by molar-refractivity contribution is 9.10. The Morgan fingerprint density at radius 2 is 1.80 bits per heavy atom. The normalized spacial score (nSPS) is 12.9. The molecule has 0 aromatic heterocycles. The van der Waals surface area contributed by atoms with Crippen LogP contribution in [0.5, 0.6) is 0 Å². The van der Waals surface area contributed by atoms with Crippen molar-refractivity contribution in [3.05, 3.63) is 33.8 Å². The maximum atomic E-state index is 10.5. The van der Waals surface area contributed by atoms with Crippen LogP contribution in [0.1, 0.15) is 50.2 Å². The van der Waals surface area contributed by atoms with Gasteiger partial charge in [-0.15, -0.1) is 0 Å². The van der Waals surface area contributed by atoms with Crippen LogP contribution in [-0.2, 0) is 4.79 Å². The zero-order valence-electron chi connectivity index (χ0n) is 9.46. The summed E-state index contributed by atoms with van der Waals surface area (Å²) in [5.74, 6) is 0.821. The van der Waals surface area contributed by atoms with Gasteiger partial charge in [-0.25, -0.2) is 0 Å². The molecule has 0 aliphatic rings. The van der Waals surface area contributed by atoms with E-state index in [0.29, 0.717) is 18.3 Å². The first-order valence-electron chi connectivity index (χ1n) is 5.28. The van der Waals surface area contributed by atoms with Crippen LogP contribution in [0.4, 0.5) is 0 Å². The van der Waals surface area contributed by atoms with E-state index in [9.17, 15) is 4.79 Å². The molecule has 1 unspecified atom stereocenters. The van der Waals surface area contributed by atoms with E-state index in [2.05, 4.69) is 54.9 Å². The average Bonchev–Trinajstić information content (AvgIpc) is 2.17. The van der Waals surface area contributed by atoms with E-state index in [0.717, 1.165) is 10.8 Å². The summed E-state index contributed by atoms with van der Waals surface area (Å²) in [6.45, 7) is 6.44. The van der Waals surface area contributed by atoms with Crippen LogP contribution >= 0.6 is 15.9 Å². The van der Waals surface area contributed by atoms with E-state index >= 15 is 0 Å². The lowest BCUT2D eigenvalue weighted by Gasteiger charge is -2.13. The first kappa shape index (κ1) is 12.4. The van der Waals surface area contributed by atoms with Crippen molar-refractivity contribution in [3.63, 3.8) is 0 Å². The molecule has 0 amide bonds. The van der Waals surface area contributed by atoms with Crippen molar-refractivity contribution in [2.24, 2.45) is 0 Å². The maximum absolute atomic E-state index is 10.5. The summed E-state index contributed by atoms with van der Waals surface area (Å²) in [5.41, 5.74) is 2.55. The third-order valence-electron chi connectivity index (χ3n) is 2.63. The van der Waals surface area contributed by atoms with Gasteiger partial charge in [-0.1, -0.05) is 42.8 Å². The van der Waals surface area contributed by atoms with Gasteiger partial charge < -0.3 is 4.79 Å². The molecule has 82 valence electrons. The molecule has 1 nitrogen and oxygen atoms in total. The summed E-state index contributed by atoms with van der Waals surface area (Å²) in [4.78, 5) is 10.5. The predicted octanol–water partition coefficient (Wildman–Crippen LogP) is 4.27. The van der Waals surface area contributed by atoms with Crippen molar-refractivity contribution in [2.75, 3.05) is 0 Å². The Labute approximate surface area is 100 Å². The Morgan fingerprint density at radius 3 is 2.33 bits per heavy atom. The largest absolute Gasteiger partial charge is 0.303 e. The predicted molar refractivity (Wildman–Crippen MR) is 67.3 cm³/mol. The molecule has 0 radical (unpaired) electrons. The summed E-state index contributed by atoms with van der Waals surface area (Å²) in [6, 6.07) is 6.44. The highest BCUT2D eigenvalue weighted by Gasteiger charge is 2.08. The highest BCUT2D eigenvalue weighted by atomic mass is 79.9. The van der Waals surface area contributed by atoms with Crippen LogP contribution in [0.2, 0.25) is 0 Å². The summed E-state index contributed by atoms with van der Waals surface area (Å²) < 4.78 is 1.10. The van der Waals surface area contributed by atoms with E-state index in [-0.39, 0.29) is 0 Å². The highest BCUT2D eigenvalue weighted by Crippen LogP contribution is 2.27. The van der Waals surface area contributed by atoms with Gasteiger partial charge in [-0.3, -0.25) is 0 Å². The minimum atomic E-state index is 0.303. The molecule has 1 atom stereocenters. The number of rotatable bonds is 4. The number of carbonyl (C=O) groups is 1. The van der Waals surface area contributed by atoms with Gasteiger partial charge in [0, 0.05) is 10.9 Å². The Bertz CT molecular complexity index is 344. The summed E-state index contributed by atoms with van der Waals surface area (Å²) in [6.07, 6.45) is 1.58. The molecule has 0 bridgehead atoms. The van der Waals surface area contributed by atoms with Gasteiger partial charge in [0.15, 0.2) is 0 Å². The number of benzene rings is 1. The van der Waals surface area contributed by atoms with E-state index < -0.39 is 0 Å². The van der Waals surface area contributed by atoms with Crippen molar-refractivity contribution in [1.82, 2.24) is 0 Å². The molecule has 0 aliphatic heterocycles. The molecule has 2 heteroatoms. The molecule has 1 aromatic carbocycles. The third-order valence-corrected chi connectivity index (χ3v) is 3.09. The molecule has 15 heavy (non-hydrogen) atoms. The van der Waals surface area contributed by atoms with Crippen LogP contribution in [0, 0.1) is 0 Å². The first-order chi connectivity index (χ1) is 7.04. The minimum absolute atomic E-state index is 0.303. The Hall–Kier alpha value is -0.630. The van der Waals surface area contributed by atoms with E-state index in [1.54, 1.807) is 0 Å². The van der Waals surface area contributed by atoms with Gasteiger partial charge >= 0.3 is 0 Å². The van der Waals surface area contributed by atoms with Gasteiger partial charge in [0.1, 0.15) is 6.29 Å². The van der Waals surface area contributed by atoms with Crippen LogP contribution in [-0.4, -0.2) is 6.29 Å². The van der Waals surface area contributed by atoms with Crippen molar-refractivity contribution >= 4 is 22.2 Å². The number of carbonyl (C=O) groups excluding carboxylic acids is 1. The van der Waals surface area contributed by atoms with E-state index in [1.165, 1.54) is 11.1 Å². The van der Waals surface area contributed by atoms with Crippen LogP contribution in [0.15, 0.2) is 22.7 Å². The van der Waals surface area contributed by atoms with Gasteiger partial charge in [-0.2, -0.15) is 0 Å². The van der Waals surface area contributed by atoms with Gasteiger partial charge in [0.25, 0.3) is 0 Å². The molecule has 0 N–H and O–H groups in total. The van der Waals surface area contributed by atoms with Crippen molar-refractivity contribution in [1.29, 1.82) is 0 Å². The standard InChI is InChI=1S/C13H17BrO/c1-9(2)11-6-12(8-13(14)7-11)10(3)4-5-15/h5-10H,4H2,1-3H3. The topological polar surface area (TPSA) is 17.1 Å². The zero-order valence-corrected chi connectivity index (χ0v) is 11.0. The number of hydrogen-bond donors (Lipinski definition) is 0. The molecule has 0 saturated heterocycles. The summed E-state index contributed by atoms with van der Waals surface area (Å²) in [5, 5.41) is 0. The second kappa shape index (κ2) is 5.45. The van der Waals surface area contributed by atoms with Gasteiger partial charge in [0.05, 0.1) is 0 Å². The Kier molecular flexibility index (Phi) is 4.52. The van der Waals surface area contributed by atoms with Crippen LogP contribution in [0.3, 0.4) is 0 Å². The van der Waals surface area contributed by atoms with Crippen molar-refractivity contribution in [2.45, 2.75) is 39.0 Å². The fourth-order valence-electron chi connectivity index (χ4n) is 1.53. The second-order valence-corrected chi connectivity index (χ2v) is 5.19. The zero-order chi connectivity index (χ0) is 11.4. The number of aldehydes is 1. The fourth-order valence-corrected chi connectivity index (χ4v) is 2.06. The molecule has 0 fully saturated rings. The second-order valence-electron chi connectivity index (χ2n) is 4.28. The van der Waals surface area contributed by atoms with Gasteiger partial charge in [-0.05, 0) is 35.1 Å². The Balaban J connectivity index is 3.02. The lowest BCUT2D eigenvalue weighted by Crippen LogP contribution is -1.97. The molecule has 0 saturated carbocycles. The molecule has 1 rings (SSSR count). The lowest BCUT2D eigenvalue weighted by atomic mass is 9.93. The monoisotopic (exact) mass is 268 g/mol. The molecular formula is C13H17BrO. The maximum Gasteiger partial charge on any atom is 0.120 e. The van der Waals surface area contributed by atoms with Crippen LogP contribution in [0.25, 0.3) is 0 Å². The molecule has 1 aromatic rings. The lowest BCUT2D eigenvalue weighted by molar-refractivity contribution is -0.108. The van der Waals surface area contributed by atoms with Crippen LogP contribution < -0.4 is 0 Å². The summed E-state index contributed by atoms with van der Waals surface area (Å²) >= 11 is 3.51. The average molecular weight is 269 g/mol. The van der Waals surface area contributed by atoms with Gasteiger partial charge in [0.2, 0.25) is 0 Å². The van der Waals surface area contributed by atoms with E-state index in [1.807, 2.05) is 0 Å². The molecule has 0 aliphatic carbocycles. The minimum Gasteiger partial charge on any atom is -0.303 e. The number of hydrogen-bond acceptors (Lipinski definition) is 1. The quantitative estimate of drug-likeness (QED) is 0.746. The fraction of sp³-hybridized carbons (Fsp3) is 0.462. The summed E-state index contributed by atoms with van der Waals surface area (Å²) in [7, 11) is 0. The number of halogens is 1. The van der Waals surface area contributed by atoms with E-state index in [4.69, 9.17) is 0 Å². The smallest absolute Gasteiger partial charge is 0.120 e. The molecule has 0 spiro atoms. The molecule has 0 heterocycles. The first-order valence-corrected chi connectivity index (χ1v) is 6.08. The SMILES string of the molecule is CC(C)c1cc(Br)cc(C(C)CC=O)c1.